The zero-order valence-electron chi connectivity index (χ0n) is 22.4. The van der Waals surface area contributed by atoms with Gasteiger partial charge in [-0.05, 0) is 35.9 Å². The summed E-state index contributed by atoms with van der Waals surface area (Å²) in [6.45, 7) is 3.75. The number of benzene rings is 3. The molecule has 0 saturated carbocycles. The maximum atomic E-state index is 12.2. The molecule has 7 nitrogen and oxygen atoms in total. The minimum atomic E-state index is -0.292. The van der Waals surface area contributed by atoms with E-state index in [0.29, 0.717) is 33.8 Å². The van der Waals surface area contributed by atoms with Gasteiger partial charge in [0.05, 0.1) is 26.7 Å². The molecule has 3 aromatic carbocycles. The predicted molar refractivity (Wildman–Crippen MR) is 154 cm³/mol. The molecule has 1 aromatic heterocycles. The highest BCUT2D eigenvalue weighted by Crippen LogP contribution is 2.29. The first-order valence-electron chi connectivity index (χ1n) is 12.4. The van der Waals surface area contributed by atoms with Crippen molar-refractivity contribution in [1.82, 2.24) is 0 Å². The summed E-state index contributed by atoms with van der Waals surface area (Å²) in [5.41, 5.74) is 2.55. The normalized spacial score (nSPS) is 13.4. The monoisotopic (exact) mass is 536 g/mol. The lowest BCUT2D eigenvalue weighted by Crippen LogP contribution is -2.18. The Morgan fingerprint density at radius 2 is 1.48 bits per heavy atom. The van der Waals surface area contributed by atoms with Crippen LogP contribution >= 0.6 is 0 Å². The van der Waals surface area contributed by atoms with Crippen LogP contribution < -0.4 is 14.9 Å². The summed E-state index contributed by atoms with van der Waals surface area (Å²) in [6.07, 6.45) is 4.23. The lowest BCUT2D eigenvalue weighted by atomic mass is 9.85. The minimum Gasteiger partial charge on any atom is -0.497 e. The molecule has 0 fully saturated rings. The van der Waals surface area contributed by atoms with Gasteiger partial charge in [0.2, 0.25) is 5.78 Å². The Morgan fingerprint density at radius 3 is 2.15 bits per heavy atom. The van der Waals surface area contributed by atoms with Crippen molar-refractivity contribution in [3.05, 3.63) is 131 Å². The molecule has 5 rings (SSSR count). The molecule has 0 bridgehead atoms. The molecule has 1 heterocycles. The second-order valence-electron chi connectivity index (χ2n) is 8.73. The van der Waals surface area contributed by atoms with Crippen molar-refractivity contribution >= 4 is 22.5 Å². The summed E-state index contributed by atoms with van der Waals surface area (Å²) in [7, 11) is 4.55. The van der Waals surface area contributed by atoms with E-state index >= 15 is 0 Å². The number of carbonyl (C=O) groups is 2. The quantitative estimate of drug-likeness (QED) is 0.210. The fraction of sp³-hybridized carbons (Fsp3) is 0.121. The number of methoxy groups -OCH3 is 3. The molecule has 202 valence electrons. The van der Waals surface area contributed by atoms with Crippen LogP contribution in [0.4, 0.5) is 0 Å². The van der Waals surface area contributed by atoms with Crippen molar-refractivity contribution in [1.29, 1.82) is 0 Å². The van der Waals surface area contributed by atoms with E-state index in [2.05, 4.69) is 6.58 Å². The molecule has 1 unspecified atom stereocenters. The summed E-state index contributed by atoms with van der Waals surface area (Å²) >= 11 is 0. The van der Waals surface area contributed by atoms with Crippen molar-refractivity contribution < 1.29 is 28.2 Å². The summed E-state index contributed by atoms with van der Waals surface area (Å²) < 4.78 is 21.0. The summed E-state index contributed by atoms with van der Waals surface area (Å²) in [4.78, 5) is 36.0. The number of ketones is 2. The van der Waals surface area contributed by atoms with Crippen LogP contribution in [0.2, 0.25) is 0 Å². The number of hydrogen-bond acceptors (Lipinski definition) is 7. The highest BCUT2D eigenvalue weighted by Gasteiger charge is 2.26. The van der Waals surface area contributed by atoms with E-state index in [4.69, 9.17) is 18.6 Å². The Hall–Kier alpha value is -5.17. The summed E-state index contributed by atoms with van der Waals surface area (Å²) in [5.74, 6) is 1.14. The van der Waals surface area contributed by atoms with Crippen LogP contribution in [0.25, 0.3) is 22.3 Å². The van der Waals surface area contributed by atoms with Crippen LogP contribution in [0.1, 0.15) is 11.5 Å². The Bertz CT molecular complexity index is 1680. The van der Waals surface area contributed by atoms with Gasteiger partial charge in [0, 0.05) is 35.3 Å². The van der Waals surface area contributed by atoms with Crippen LogP contribution in [-0.2, 0) is 14.3 Å². The molecule has 0 spiro atoms. The second kappa shape index (κ2) is 12.6. The Kier molecular flexibility index (Phi) is 8.76. The first-order chi connectivity index (χ1) is 19.4. The van der Waals surface area contributed by atoms with Gasteiger partial charge < -0.3 is 18.6 Å². The zero-order valence-corrected chi connectivity index (χ0v) is 22.4. The minimum absolute atomic E-state index is 0.0737. The fourth-order valence-corrected chi connectivity index (χ4v) is 4.24. The molecule has 0 saturated heterocycles. The molecule has 40 heavy (non-hydrogen) atoms. The molecule has 1 aliphatic rings. The van der Waals surface area contributed by atoms with Gasteiger partial charge in [-0.3, -0.25) is 14.4 Å². The zero-order chi connectivity index (χ0) is 28.6. The van der Waals surface area contributed by atoms with E-state index < -0.39 is 0 Å². The van der Waals surface area contributed by atoms with Crippen molar-refractivity contribution in [2.24, 2.45) is 0 Å². The van der Waals surface area contributed by atoms with Crippen molar-refractivity contribution in [2.75, 3.05) is 21.3 Å². The number of fused-ring (bicyclic) bond motifs is 1. The van der Waals surface area contributed by atoms with Gasteiger partial charge in [0.15, 0.2) is 17.0 Å². The molecule has 0 N–H and O–H groups in total. The van der Waals surface area contributed by atoms with Crippen LogP contribution in [0.15, 0.2) is 124 Å². The van der Waals surface area contributed by atoms with Crippen LogP contribution in [0.3, 0.4) is 0 Å². The maximum Gasteiger partial charge on any atom is 0.220 e. The van der Waals surface area contributed by atoms with Crippen LogP contribution in [0, 0.1) is 0 Å². The molecule has 4 aromatic rings. The average molecular weight is 537 g/mol. The number of carbonyl (C=O) groups excluding carboxylic acids is 2. The molecule has 0 aliphatic heterocycles. The fourth-order valence-electron chi connectivity index (χ4n) is 4.24. The highest BCUT2D eigenvalue weighted by molar-refractivity contribution is 6.19. The number of ether oxygens (including phenoxy) is 3. The molecule has 1 atom stereocenters. The van der Waals surface area contributed by atoms with E-state index in [1.54, 1.807) is 38.5 Å². The molecule has 0 amide bonds. The van der Waals surface area contributed by atoms with E-state index in [-0.39, 0.29) is 28.7 Å². The smallest absolute Gasteiger partial charge is 0.220 e. The van der Waals surface area contributed by atoms with Gasteiger partial charge in [-0.25, -0.2) is 0 Å². The van der Waals surface area contributed by atoms with Gasteiger partial charge in [-0.2, -0.15) is 0 Å². The largest absolute Gasteiger partial charge is 0.497 e. The second-order valence-corrected chi connectivity index (χ2v) is 8.73. The number of hydrogen-bond donors (Lipinski definition) is 0. The van der Waals surface area contributed by atoms with Crippen LogP contribution in [0.5, 0.6) is 11.5 Å². The molecule has 0 radical (unpaired) electrons. The molecular formula is C33H28O7. The van der Waals surface area contributed by atoms with Crippen molar-refractivity contribution in [2.45, 2.75) is 5.92 Å². The first kappa shape index (κ1) is 27.9. The number of allylic oxidation sites excluding steroid dienone is 4. The summed E-state index contributed by atoms with van der Waals surface area (Å²) in [5, 5.41) is 0.530. The van der Waals surface area contributed by atoms with E-state index in [1.165, 1.54) is 25.3 Å². The number of rotatable bonds is 7. The highest BCUT2D eigenvalue weighted by atomic mass is 16.5. The van der Waals surface area contributed by atoms with Gasteiger partial charge in [-0.1, -0.05) is 48.5 Å². The van der Waals surface area contributed by atoms with Gasteiger partial charge >= 0.3 is 0 Å². The lowest BCUT2D eigenvalue weighted by molar-refractivity contribution is -0.117. The third-order valence-electron chi connectivity index (χ3n) is 6.32. The van der Waals surface area contributed by atoms with Crippen molar-refractivity contribution in [3.63, 3.8) is 0 Å². The summed E-state index contributed by atoms with van der Waals surface area (Å²) in [6, 6.07) is 23.5. The Labute approximate surface area is 231 Å². The predicted octanol–water partition coefficient (Wildman–Crippen LogP) is 6.04. The van der Waals surface area contributed by atoms with Gasteiger partial charge in [0.25, 0.3) is 0 Å². The maximum absolute atomic E-state index is 12.2. The van der Waals surface area contributed by atoms with E-state index in [0.717, 1.165) is 11.1 Å². The Balaban J connectivity index is 0.000000186. The Morgan fingerprint density at radius 1 is 0.750 bits per heavy atom. The van der Waals surface area contributed by atoms with Crippen LogP contribution in [-0.4, -0.2) is 32.9 Å². The van der Waals surface area contributed by atoms with E-state index in [1.807, 2.05) is 54.6 Å². The van der Waals surface area contributed by atoms with Crippen molar-refractivity contribution in [3.8, 4) is 22.8 Å². The first-order valence-corrected chi connectivity index (χ1v) is 12.4. The topological polar surface area (TPSA) is 92.0 Å². The van der Waals surface area contributed by atoms with E-state index in [9.17, 15) is 14.4 Å². The SMILES string of the molecule is C=CC(C1=CC(=O)C(OC)=CC1=O)c1ccccc1.COc1cccc(-c2cc(=O)c3ccc(OC)cc3o2)c1. The van der Waals surface area contributed by atoms with Gasteiger partial charge in [0.1, 0.15) is 22.8 Å². The average Bonchev–Trinajstić information content (AvgIpc) is 2.99. The van der Waals surface area contributed by atoms with Gasteiger partial charge in [-0.15, -0.1) is 6.58 Å². The molecule has 1 aliphatic carbocycles. The third kappa shape index (κ3) is 6.10. The molecular weight excluding hydrogens is 508 g/mol. The third-order valence-corrected chi connectivity index (χ3v) is 6.32. The standard InChI is InChI=1S/C17H14O4.C16H14O3/c1-19-12-5-3-4-11(8-12)16-10-15(18)14-7-6-13(20-2)9-17(14)21-16;1-3-12(11-7-5-4-6-8-11)13-9-15(18)16(19-2)10-14(13)17/h3-10H,1-2H3;3-10,12H,1H2,2H3. The lowest BCUT2D eigenvalue weighted by Gasteiger charge is -2.18. The molecule has 7 heteroatoms.